The van der Waals surface area contributed by atoms with Crippen molar-refractivity contribution in [2.45, 2.75) is 70.5 Å². The highest BCUT2D eigenvalue weighted by Gasteiger charge is 2.24. The van der Waals surface area contributed by atoms with E-state index in [9.17, 15) is 0 Å². The maximum atomic E-state index is 5.87. The summed E-state index contributed by atoms with van der Waals surface area (Å²) in [4.78, 5) is 0. The lowest BCUT2D eigenvalue weighted by atomic mass is 10.1. The molecular formula is C32H41O2P. The van der Waals surface area contributed by atoms with Gasteiger partial charge in [-0.1, -0.05) is 122 Å². The van der Waals surface area contributed by atoms with E-state index in [4.69, 9.17) is 9.47 Å². The zero-order valence-electron chi connectivity index (χ0n) is 21.1. The Hall–Kier alpha value is -2.12. The minimum Gasteiger partial charge on any atom is -0.353 e. The lowest BCUT2D eigenvalue weighted by molar-refractivity contribution is -0.162. The van der Waals surface area contributed by atoms with E-state index < -0.39 is 6.89 Å². The second-order valence-corrected chi connectivity index (χ2v) is 12.8. The van der Waals surface area contributed by atoms with E-state index in [2.05, 4.69) is 96.8 Å². The van der Waals surface area contributed by atoms with E-state index in [1.54, 1.807) is 0 Å². The highest BCUT2D eigenvalue weighted by Crippen LogP contribution is 2.44. The largest absolute Gasteiger partial charge is 0.353 e. The fraction of sp³-hybridized carbons (Fsp3) is 0.406. The van der Waals surface area contributed by atoms with Crippen molar-refractivity contribution >= 4 is 28.6 Å². The number of benzene rings is 3. The molecule has 0 saturated carbocycles. The van der Waals surface area contributed by atoms with E-state index in [1.807, 2.05) is 0 Å². The summed E-state index contributed by atoms with van der Waals surface area (Å²) in [5.41, 5.74) is 0. The molecule has 1 aliphatic rings. The third-order valence-electron chi connectivity index (χ3n) is 6.93. The van der Waals surface area contributed by atoms with E-state index in [1.165, 1.54) is 60.9 Å². The number of unbranched alkanes of at least 4 members (excludes halogenated alkanes) is 6. The standard InChI is InChI=1S/C32H41O2P/c1(2-4-16-26-33-32-25-15-17-27-34-32)3-5-18-28-35(29-19-9-6-10-20-29,30-21-11-7-12-22-30)31-23-13-8-14-24-31/h6-14,19-24,28,32H,1-5,15-18,25-27H2. The molecule has 4 rings (SSSR count). The Morgan fingerprint density at radius 3 is 1.69 bits per heavy atom. The predicted octanol–water partition coefficient (Wildman–Crippen LogP) is 7.06. The van der Waals surface area contributed by atoms with Crippen LogP contribution in [0.1, 0.15) is 64.2 Å². The van der Waals surface area contributed by atoms with Gasteiger partial charge in [0, 0.05) is 13.2 Å². The van der Waals surface area contributed by atoms with E-state index in [0.717, 1.165) is 32.5 Å². The molecular weight excluding hydrogens is 447 g/mol. The summed E-state index contributed by atoms with van der Waals surface area (Å²) in [7, 11) is 0. The molecule has 0 N–H and O–H groups in total. The fourth-order valence-corrected chi connectivity index (χ4v) is 9.07. The van der Waals surface area contributed by atoms with Gasteiger partial charge in [-0.05, 0) is 61.3 Å². The monoisotopic (exact) mass is 488 g/mol. The average molecular weight is 489 g/mol. The Morgan fingerprint density at radius 1 is 0.657 bits per heavy atom. The predicted molar refractivity (Wildman–Crippen MR) is 153 cm³/mol. The minimum absolute atomic E-state index is 0.0572. The Kier molecular flexibility index (Phi) is 10.7. The average Bonchev–Trinajstić information content (AvgIpc) is 2.94. The van der Waals surface area contributed by atoms with Crippen LogP contribution in [0.4, 0.5) is 0 Å². The first-order chi connectivity index (χ1) is 17.4. The second-order valence-electron chi connectivity index (χ2n) is 9.49. The molecule has 0 bridgehead atoms. The van der Waals surface area contributed by atoms with Gasteiger partial charge in [0.2, 0.25) is 0 Å². The van der Waals surface area contributed by atoms with Crippen LogP contribution in [0, 0.1) is 0 Å². The lowest BCUT2D eigenvalue weighted by Gasteiger charge is -2.29. The molecule has 1 atom stereocenters. The van der Waals surface area contributed by atoms with Gasteiger partial charge in [-0.25, -0.2) is 0 Å². The smallest absolute Gasteiger partial charge is 0.157 e. The van der Waals surface area contributed by atoms with E-state index >= 15 is 0 Å². The van der Waals surface area contributed by atoms with Gasteiger partial charge in [-0.2, -0.15) is 0 Å². The van der Waals surface area contributed by atoms with Crippen LogP contribution in [0.25, 0.3) is 0 Å². The van der Waals surface area contributed by atoms with Gasteiger partial charge >= 0.3 is 0 Å². The Bertz CT molecular complexity index is 908. The first kappa shape index (κ1) is 26.0. The zero-order chi connectivity index (χ0) is 24.0. The van der Waals surface area contributed by atoms with Crippen LogP contribution in [-0.4, -0.2) is 25.3 Å². The molecule has 0 aromatic heterocycles. The molecule has 0 spiro atoms. The molecule has 35 heavy (non-hydrogen) atoms. The maximum Gasteiger partial charge on any atom is 0.157 e. The van der Waals surface area contributed by atoms with Gasteiger partial charge in [0.1, 0.15) is 0 Å². The summed E-state index contributed by atoms with van der Waals surface area (Å²) >= 11 is 0. The lowest BCUT2D eigenvalue weighted by Crippen LogP contribution is -2.26. The third-order valence-corrected chi connectivity index (χ3v) is 11.1. The number of rotatable bonds is 13. The Balaban J connectivity index is 1.34. The first-order valence-electron chi connectivity index (χ1n) is 13.5. The highest BCUT2D eigenvalue weighted by molar-refractivity contribution is 7.94. The summed E-state index contributed by atoms with van der Waals surface area (Å²) in [6, 6.07) is 33.5. The molecule has 186 valence electrons. The van der Waals surface area contributed by atoms with Crippen molar-refractivity contribution in [3.05, 3.63) is 91.0 Å². The molecule has 0 aliphatic carbocycles. The van der Waals surface area contributed by atoms with E-state index in [0.29, 0.717) is 0 Å². The molecule has 3 aromatic carbocycles. The zero-order valence-corrected chi connectivity index (χ0v) is 22.0. The van der Waals surface area contributed by atoms with Crippen LogP contribution >= 0.6 is 6.89 Å². The van der Waals surface area contributed by atoms with Gasteiger partial charge < -0.3 is 9.47 Å². The summed E-state index contributed by atoms with van der Waals surface area (Å²) in [6.07, 6.45) is 12.2. The maximum absolute atomic E-state index is 5.87. The van der Waals surface area contributed by atoms with Gasteiger partial charge in [-0.3, -0.25) is 0 Å². The van der Waals surface area contributed by atoms with Crippen LogP contribution in [0.5, 0.6) is 0 Å². The molecule has 0 amide bonds. The van der Waals surface area contributed by atoms with Crippen LogP contribution < -0.4 is 15.9 Å². The summed E-state index contributed by atoms with van der Waals surface area (Å²) in [5, 5.41) is 4.33. The fourth-order valence-electron chi connectivity index (χ4n) is 5.05. The molecule has 2 nitrogen and oxygen atoms in total. The van der Waals surface area contributed by atoms with Crippen LogP contribution in [0.2, 0.25) is 0 Å². The molecule has 1 aliphatic heterocycles. The molecule has 3 aromatic rings. The summed E-state index contributed by atoms with van der Waals surface area (Å²) in [5.74, 6) is 2.67. The molecule has 1 fully saturated rings. The van der Waals surface area contributed by atoms with Crippen LogP contribution in [-0.2, 0) is 9.47 Å². The molecule has 3 heteroatoms. The number of ether oxygens (including phenoxy) is 2. The van der Waals surface area contributed by atoms with Crippen LogP contribution in [0.3, 0.4) is 0 Å². The van der Waals surface area contributed by atoms with Crippen molar-refractivity contribution < 1.29 is 9.47 Å². The normalized spacial score (nSPS) is 16.2. The SMILES string of the molecule is C(CCCCCCCCOC1CCCCO1)=P(c1ccccc1)(c1ccccc1)c1ccccc1. The summed E-state index contributed by atoms with van der Waals surface area (Å²) < 4.78 is 11.5. The highest BCUT2D eigenvalue weighted by atomic mass is 31.2. The Labute approximate surface area is 212 Å². The summed E-state index contributed by atoms with van der Waals surface area (Å²) in [6.45, 7) is -0.0817. The van der Waals surface area contributed by atoms with Crippen molar-refractivity contribution in [2.75, 3.05) is 13.2 Å². The van der Waals surface area contributed by atoms with E-state index in [-0.39, 0.29) is 6.29 Å². The van der Waals surface area contributed by atoms with Crippen molar-refractivity contribution in [2.24, 2.45) is 0 Å². The molecule has 1 unspecified atom stereocenters. The topological polar surface area (TPSA) is 18.5 Å². The first-order valence-corrected chi connectivity index (χ1v) is 15.4. The van der Waals surface area contributed by atoms with Crippen molar-refractivity contribution in [1.82, 2.24) is 0 Å². The minimum atomic E-state index is -1.79. The third kappa shape index (κ3) is 7.43. The van der Waals surface area contributed by atoms with Gasteiger partial charge in [0.05, 0.1) is 0 Å². The Morgan fingerprint density at radius 2 is 1.17 bits per heavy atom. The molecule has 0 radical (unpaired) electrons. The van der Waals surface area contributed by atoms with Crippen LogP contribution in [0.15, 0.2) is 91.0 Å². The quantitative estimate of drug-likeness (QED) is 0.189. The second kappa shape index (κ2) is 14.4. The van der Waals surface area contributed by atoms with Crippen molar-refractivity contribution in [3.8, 4) is 0 Å². The van der Waals surface area contributed by atoms with Gasteiger partial charge in [0.15, 0.2) is 6.29 Å². The molecule has 1 heterocycles. The number of hydrogen-bond acceptors (Lipinski definition) is 2. The number of hydrogen-bond donors (Lipinski definition) is 0. The van der Waals surface area contributed by atoms with Crippen molar-refractivity contribution in [3.63, 3.8) is 0 Å². The van der Waals surface area contributed by atoms with Gasteiger partial charge in [-0.15, -0.1) is 0 Å². The van der Waals surface area contributed by atoms with Gasteiger partial charge in [0.25, 0.3) is 0 Å². The van der Waals surface area contributed by atoms with Crippen molar-refractivity contribution in [1.29, 1.82) is 0 Å². The molecule has 1 saturated heterocycles.